The Kier molecular flexibility index (Phi) is 4.88. The Morgan fingerprint density at radius 3 is 2.48 bits per heavy atom. The predicted molar refractivity (Wildman–Crippen MR) is 111 cm³/mol. The molecular formula is C22H21ClN4O2. The lowest BCUT2D eigenvalue weighted by molar-refractivity contribution is -0.122. The fourth-order valence-electron chi connectivity index (χ4n) is 3.84. The average Bonchev–Trinajstić information content (AvgIpc) is 3.04. The lowest BCUT2D eigenvalue weighted by atomic mass is 9.93. The molecule has 4 rings (SSSR count). The number of carbonyl (C=O) groups excluding carboxylic acids is 2. The number of nitrogens with zero attached hydrogens (tertiary/aromatic N) is 3. The van der Waals surface area contributed by atoms with Crippen molar-refractivity contribution in [1.29, 1.82) is 0 Å². The van der Waals surface area contributed by atoms with Crippen molar-refractivity contribution in [3.63, 3.8) is 0 Å². The molecule has 29 heavy (non-hydrogen) atoms. The van der Waals surface area contributed by atoms with E-state index in [1.54, 1.807) is 16.8 Å². The van der Waals surface area contributed by atoms with E-state index >= 15 is 0 Å². The molecule has 2 heterocycles. The number of aryl methyl sites for hydroxylation is 2. The lowest BCUT2D eigenvalue weighted by Gasteiger charge is -2.35. The van der Waals surface area contributed by atoms with Crippen molar-refractivity contribution in [1.82, 2.24) is 14.7 Å². The van der Waals surface area contributed by atoms with Gasteiger partial charge in [-0.3, -0.25) is 9.59 Å². The first kappa shape index (κ1) is 19.2. The standard InChI is InChI=1S/C22H21ClN4O2/c1-13-9-14(2)27(25-13)17-7-8-19(23)18(11-17)22(29)26-12-16-6-4-3-5-15(16)10-20(26)21(24)28/h3-9,11,20H,10,12H2,1-2H3,(H2,24,28)/t20-/m1/s1. The second-order valence-corrected chi connectivity index (χ2v) is 7.73. The molecule has 1 atom stereocenters. The maximum atomic E-state index is 13.4. The van der Waals surface area contributed by atoms with Gasteiger partial charge in [0.25, 0.3) is 5.91 Å². The minimum atomic E-state index is -0.717. The number of amides is 2. The Hall–Kier alpha value is -3.12. The summed E-state index contributed by atoms with van der Waals surface area (Å²) in [6, 6.07) is 14.2. The molecule has 0 aliphatic carbocycles. The highest BCUT2D eigenvalue weighted by Gasteiger charge is 2.34. The summed E-state index contributed by atoms with van der Waals surface area (Å²) in [6.45, 7) is 4.16. The van der Waals surface area contributed by atoms with E-state index in [9.17, 15) is 9.59 Å². The van der Waals surface area contributed by atoms with Gasteiger partial charge in [0.15, 0.2) is 0 Å². The highest BCUT2D eigenvalue weighted by atomic mass is 35.5. The molecule has 7 heteroatoms. The highest BCUT2D eigenvalue weighted by Crippen LogP contribution is 2.28. The topological polar surface area (TPSA) is 81.2 Å². The van der Waals surface area contributed by atoms with Gasteiger partial charge in [-0.1, -0.05) is 35.9 Å². The van der Waals surface area contributed by atoms with Crippen LogP contribution in [0.5, 0.6) is 0 Å². The van der Waals surface area contributed by atoms with E-state index in [4.69, 9.17) is 17.3 Å². The lowest BCUT2D eigenvalue weighted by Crippen LogP contribution is -2.51. The number of aromatic nitrogens is 2. The molecule has 1 aromatic heterocycles. The van der Waals surface area contributed by atoms with Gasteiger partial charge in [-0.25, -0.2) is 4.68 Å². The van der Waals surface area contributed by atoms with Crippen molar-refractivity contribution in [3.05, 3.63) is 81.6 Å². The van der Waals surface area contributed by atoms with Crippen LogP contribution in [0.25, 0.3) is 5.69 Å². The minimum absolute atomic E-state index is 0.309. The second-order valence-electron chi connectivity index (χ2n) is 7.33. The van der Waals surface area contributed by atoms with Crippen LogP contribution in [0.15, 0.2) is 48.5 Å². The maximum absolute atomic E-state index is 13.4. The Bertz CT molecular complexity index is 1120. The van der Waals surface area contributed by atoms with Gasteiger partial charge in [-0.05, 0) is 49.2 Å². The predicted octanol–water partition coefficient (Wildman–Crippen LogP) is 3.19. The number of primary amides is 1. The summed E-state index contributed by atoms with van der Waals surface area (Å²) in [5.74, 6) is -0.852. The molecule has 0 bridgehead atoms. The molecule has 2 N–H and O–H groups in total. The maximum Gasteiger partial charge on any atom is 0.256 e. The third-order valence-corrected chi connectivity index (χ3v) is 5.60. The third kappa shape index (κ3) is 3.51. The van der Waals surface area contributed by atoms with Crippen LogP contribution in [-0.4, -0.2) is 32.5 Å². The fraction of sp³-hybridized carbons (Fsp3) is 0.227. The Balaban J connectivity index is 1.74. The number of halogens is 1. The SMILES string of the molecule is Cc1cc(C)n(-c2ccc(Cl)c(C(=O)N3Cc4ccccc4C[C@@H]3C(N)=O)c2)n1. The van der Waals surface area contributed by atoms with E-state index < -0.39 is 11.9 Å². The summed E-state index contributed by atoms with van der Waals surface area (Å²) in [5, 5.41) is 4.79. The quantitative estimate of drug-likeness (QED) is 0.722. The van der Waals surface area contributed by atoms with Crippen molar-refractivity contribution in [2.45, 2.75) is 32.9 Å². The summed E-state index contributed by atoms with van der Waals surface area (Å²) in [5.41, 5.74) is 10.6. The van der Waals surface area contributed by atoms with Gasteiger partial charge in [0.05, 0.1) is 22.0 Å². The Morgan fingerprint density at radius 2 is 1.83 bits per heavy atom. The zero-order valence-electron chi connectivity index (χ0n) is 16.2. The molecule has 2 aromatic carbocycles. The van der Waals surface area contributed by atoms with Gasteiger partial charge >= 0.3 is 0 Å². The third-order valence-electron chi connectivity index (χ3n) is 5.27. The van der Waals surface area contributed by atoms with Gasteiger partial charge in [-0.2, -0.15) is 5.10 Å². The first-order valence-corrected chi connectivity index (χ1v) is 9.73. The first-order chi connectivity index (χ1) is 13.8. The summed E-state index contributed by atoms with van der Waals surface area (Å²) in [4.78, 5) is 27.0. The summed E-state index contributed by atoms with van der Waals surface area (Å²) in [6.07, 6.45) is 0.395. The number of fused-ring (bicyclic) bond motifs is 1. The molecule has 0 saturated heterocycles. The Morgan fingerprint density at radius 1 is 1.10 bits per heavy atom. The van der Waals surface area contributed by atoms with Crippen LogP contribution >= 0.6 is 11.6 Å². The van der Waals surface area contributed by atoms with Crippen molar-refractivity contribution in [2.75, 3.05) is 0 Å². The van der Waals surface area contributed by atoms with E-state index in [0.29, 0.717) is 23.6 Å². The van der Waals surface area contributed by atoms with Crippen LogP contribution in [0, 0.1) is 13.8 Å². The number of carbonyl (C=O) groups is 2. The average molecular weight is 409 g/mol. The fourth-order valence-corrected chi connectivity index (χ4v) is 4.04. The molecule has 1 aliphatic heterocycles. The summed E-state index contributed by atoms with van der Waals surface area (Å²) < 4.78 is 1.76. The minimum Gasteiger partial charge on any atom is -0.368 e. The molecule has 3 aromatic rings. The molecule has 0 fully saturated rings. The zero-order valence-corrected chi connectivity index (χ0v) is 17.0. The molecule has 0 unspecified atom stereocenters. The van der Waals surface area contributed by atoms with E-state index in [-0.39, 0.29) is 5.91 Å². The largest absolute Gasteiger partial charge is 0.368 e. The number of nitrogens with two attached hydrogens (primary N) is 1. The van der Waals surface area contributed by atoms with Gasteiger partial charge in [0.1, 0.15) is 6.04 Å². The number of rotatable bonds is 3. The number of hydrogen-bond donors (Lipinski definition) is 1. The van der Waals surface area contributed by atoms with Crippen molar-refractivity contribution < 1.29 is 9.59 Å². The van der Waals surface area contributed by atoms with Crippen LogP contribution in [0.2, 0.25) is 5.02 Å². The summed E-state index contributed by atoms with van der Waals surface area (Å²) >= 11 is 6.38. The number of hydrogen-bond acceptors (Lipinski definition) is 3. The molecular weight excluding hydrogens is 388 g/mol. The van der Waals surface area contributed by atoms with Crippen molar-refractivity contribution >= 4 is 23.4 Å². The van der Waals surface area contributed by atoms with Crippen LogP contribution in [0.3, 0.4) is 0 Å². The first-order valence-electron chi connectivity index (χ1n) is 9.35. The number of benzene rings is 2. The van der Waals surface area contributed by atoms with E-state index in [1.165, 1.54) is 4.90 Å². The van der Waals surface area contributed by atoms with E-state index in [2.05, 4.69) is 5.10 Å². The van der Waals surface area contributed by atoms with Crippen LogP contribution in [0.4, 0.5) is 0 Å². The van der Waals surface area contributed by atoms with Gasteiger partial charge < -0.3 is 10.6 Å². The molecule has 0 spiro atoms. The highest BCUT2D eigenvalue weighted by molar-refractivity contribution is 6.34. The zero-order chi connectivity index (χ0) is 20.7. The van der Waals surface area contributed by atoms with Gasteiger partial charge in [0, 0.05) is 18.7 Å². The Labute approximate surface area is 173 Å². The molecule has 0 saturated carbocycles. The monoisotopic (exact) mass is 408 g/mol. The summed E-state index contributed by atoms with van der Waals surface area (Å²) in [7, 11) is 0. The van der Waals surface area contributed by atoms with Crippen LogP contribution in [-0.2, 0) is 17.8 Å². The van der Waals surface area contributed by atoms with Gasteiger partial charge in [-0.15, -0.1) is 0 Å². The normalized spacial score (nSPS) is 15.8. The van der Waals surface area contributed by atoms with Crippen LogP contribution in [0.1, 0.15) is 32.9 Å². The van der Waals surface area contributed by atoms with E-state index in [1.807, 2.05) is 50.2 Å². The molecule has 6 nitrogen and oxygen atoms in total. The van der Waals surface area contributed by atoms with Crippen molar-refractivity contribution in [2.24, 2.45) is 5.73 Å². The molecule has 148 valence electrons. The van der Waals surface area contributed by atoms with Crippen molar-refractivity contribution in [3.8, 4) is 5.69 Å². The second kappa shape index (κ2) is 7.37. The molecule has 2 amide bonds. The van der Waals surface area contributed by atoms with Gasteiger partial charge in [0.2, 0.25) is 5.91 Å². The molecule has 0 radical (unpaired) electrons. The van der Waals surface area contributed by atoms with Crippen LogP contribution < -0.4 is 5.73 Å². The smallest absolute Gasteiger partial charge is 0.256 e. The molecule has 1 aliphatic rings. The van der Waals surface area contributed by atoms with E-state index in [0.717, 1.165) is 28.2 Å².